The molecule has 2 heterocycles. The molecule has 2 fully saturated rings. The van der Waals surface area contributed by atoms with Crippen molar-refractivity contribution in [3.63, 3.8) is 0 Å². The van der Waals surface area contributed by atoms with Crippen LogP contribution in [0.15, 0.2) is 10.6 Å². The minimum atomic E-state index is -2.66. The highest BCUT2D eigenvalue weighted by molar-refractivity contribution is 5.91. The second-order valence-corrected chi connectivity index (χ2v) is 9.25. The molecule has 1 saturated carbocycles. The number of nitrogens with zero attached hydrogens (tertiary/aromatic N) is 2. The summed E-state index contributed by atoms with van der Waals surface area (Å²) in [7, 11) is 0. The molecule has 1 aliphatic carbocycles. The highest BCUT2D eigenvalue weighted by Crippen LogP contribution is 2.37. The Morgan fingerprint density at radius 3 is 2.50 bits per heavy atom. The number of rotatable bonds is 4. The number of hydrogen-bond acceptors (Lipinski definition) is 4. The first kappa shape index (κ1) is 20.9. The van der Waals surface area contributed by atoms with Gasteiger partial charge in [0.15, 0.2) is 5.78 Å². The molecule has 5 nitrogen and oxygen atoms in total. The van der Waals surface area contributed by atoms with E-state index in [2.05, 4.69) is 5.16 Å². The van der Waals surface area contributed by atoms with E-state index in [4.69, 9.17) is 4.52 Å². The topological polar surface area (TPSA) is 63.4 Å². The SMILES string of the molecule is CC(C)(C)c1cc(CC(=O)[C@H]2CCCCN2C(=O)C2CCC(F)(F)CC2)no1. The molecule has 1 aliphatic heterocycles. The summed E-state index contributed by atoms with van der Waals surface area (Å²) < 4.78 is 32.2. The Morgan fingerprint density at radius 1 is 1.21 bits per heavy atom. The summed E-state index contributed by atoms with van der Waals surface area (Å²) in [6.45, 7) is 6.55. The largest absolute Gasteiger partial charge is 0.361 e. The van der Waals surface area contributed by atoms with Crippen LogP contribution in [0.2, 0.25) is 0 Å². The van der Waals surface area contributed by atoms with Crippen molar-refractivity contribution in [1.82, 2.24) is 10.1 Å². The van der Waals surface area contributed by atoms with Crippen LogP contribution in [0, 0.1) is 5.92 Å². The lowest BCUT2D eigenvalue weighted by Gasteiger charge is -2.38. The van der Waals surface area contributed by atoms with Crippen molar-refractivity contribution >= 4 is 11.7 Å². The molecule has 7 heteroatoms. The lowest BCUT2D eigenvalue weighted by atomic mass is 9.84. The zero-order valence-corrected chi connectivity index (χ0v) is 17.0. The summed E-state index contributed by atoms with van der Waals surface area (Å²) in [5, 5.41) is 4.01. The van der Waals surface area contributed by atoms with E-state index in [0.29, 0.717) is 18.7 Å². The first-order valence-corrected chi connectivity index (χ1v) is 10.2. The van der Waals surface area contributed by atoms with Crippen molar-refractivity contribution in [2.24, 2.45) is 5.92 Å². The van der Waals surface area contributed by atoms with Crippen LogP contribution in [0.5, 0.6) is 0 Å². The second-order valence-electron chi connectivity index (χ2n) is 9.25. The molecule has 2 aliphatic rings. The predicted octanol–water partition coefficient (Wildman–Crippen LogP) is 4.29. The standard InChI is InChI=1S/C21H30F2N2O3/c1-20(2,3)18-13-15(24-28-18)12-17(26)16-6-4-5-11-25(16)19(27)14-7-9-21(22,23)10-8-14/h13-14,16H,4-12H2,1-3H3/t16-/m1/s1. The number of alkyl halides is 2. The van der Waals surface area contributed by atoms with Crippen molar-refractivity contribution < 1.29 is 22.9 Å². The molecule has 28 heavy (non-hydrogen) atoms. The van der Waals surface area contributed by atoms with Gasteiger partial charge < -0.3 is 9.42 Å². The van der Waals surface area contributed by atoms with Gasteiger partial charge in [-0.3, -0.25) is 9.59 Å². The van der Waals surface area contributed by atoms with Gasteiger partial charge >= 0.3 is 0 Å². The fourth-order valence-electron chi connectivity index (χ4n) is 4.10. The Kier molecular flexibility index (Phi) is 5.92. The van der Waals surface area contributed by atoms with Crippen molar-refractivity contribution in [2.75, 3.05) is 6.54 Å². The number of hydrogen-bond donors (Lipinski definition) is 0. The highest BCUT2D eigenvalue weighted by Gasteiger charge is 2.41. The van der Waals surface area contributed by atoms with E-state index in [1.165, 1.54) is 0 Å². The third kappa shape index (κ3) is 4.78. The number of amides is 1. The Morgan fingerprint density at radius 2 is 1.89 bits per heavy atom. The normalized spacial score (nSPS) is 23.6. The van der Waals surface area contributed by atoms with Crippen LogP contribution < -0.4 is 0 Å². The number of aromatic nitrogens is 1. The minimum absolute atomic E-state index is 0.0528. The monoisotopic (exact) mass is 396 g/mol. The van der Waals surface area contributed by atoms with E-state index >= 15 is 0 Å². The smallest absolute Gasteiger partial charge is 0.248 e. The number of carbonyl (C=O) groups is 2. The fraction of sp³-hybridized carbons (Fsp3) is 0.762. The molecule has 156 valence electrons. The Labute approximate surface area is 164 Å². The predicted molar refractivity (Wildman–Crippen MR) is 100 cm³/mol. The number of ketones is 1. The van der Waals surface area contributed by atoms with Crippen molar-refractivity contribution in [1.29, 1.82) is 0 Å². The van der Waals surface area contributed by atoms with Crippen LogP contribution in [0.4, 0.5) is 8.78 Å². The summed E-state index contributed by atoms with van der Waals surface area (Å²) >= 11 is 0. The van der Waals surface area contributed by atoms with Crippen LogP contribution in [-0.2, 0) is 21.4 Å². The molecule has 0 bridgehead atoms. The van der Waals surface area contributed by atoms with E-state index in [9.17, 15) is 18.4 Å². The zero-order valence-electron chi connectivity index (χ0n) is 17.0. The summed E-state index contributed by atoms with van der Waals surface area (Å²) in [6, 6.07) is 1.31. The highest BCUT2D eigenvalue weighted by atomic mass is 19.3. The van der Waals surface area contributed by atoms with Gasteiger partial charge in [-0.05, 0) is 32.1 Å². The average molecular weight is 396 g/mol. The molecule has 1 atom stereocenters. The van der Waals surface area contributed by atoms with Gasteiger partial charge in [-0.15, -0.1) is 0 Å². The molecule has 0 N–H and O–H groups in total. The number of halogens is 2. The quantitative estimate of drug-likeness (QED) is 0.762. The zero-order chi connectivity index (χ0) is 20.5. The molecule has 0 radical (unpaired) electrons. The lowest BCUT2D eigenvalue weighted by molar-refractivity contribution is -0.147. The summed E-state index contributed by atoms with van der Waals surface area (Å²) in [5.74, 6) is -2.53. The Hall–Kier alpha value is -1.79. The van der Waals surface area contributed by atoms with Crippen LogP contribution in [0.25, 0.3) is 0 Å². The lowest BCUT2D eigenvalue weighted by Crippen LogP contribution is -2.51. The molecule has 1 amide bonds. The van der Waals surface area contributed by atoms with Gasteiger partial charge in [0, 0.05) is 36.8 Å². The van der Waals surface area contributed by atoms with Gasteiger partial charge in [-0.2, -0.15) is 0 Å². The van der Waals surface area contributed by atoms with Gasteiger partial charge in [0.2, 0.25) is 11.8 Å². The molecule has 0 aromatic carbocycles. The Balaban J connectivity index is 1.66. The maximum Gasteiger partial charge on any atom is 0.248 e. The van der Waals surface area contributed by atoms with Crippen LogP contribution in [0.1, 0.15) is 77.2 Å². The van der Waals surface area contributed by atoms with Gasteiger partial charge in [-0.1, -0.05) is 25.9 Å². The molecule has 1 aromatic heterocycles. The molecule has 0 unspecified atom stereocenters. The number of piperidine rings is 1. The number of carbonyl (C=O) groups excluding carboxylic acids is 2. The molecule has 0 spiro atoms. The number of likely N-dealkylation sites (tertiary alicyclic amines) is 1. The van der Waals surface area contributed by atoms with Gasteiger partial charge in [0.25, 0.3) is 0 Å². The molecule has 3 rings (SSSR count). The second kappa shape index (κ2) is 7.91. The van der Waals surface area contributed by atoms with Crippen molar-refractivity contribution in [2.45, 2.75) is 89.5 Å². The van der Waals surface area contributed by atoms with Crippen LogP contribution in [0.3, 0.4) is 0 Å². The van der Waals surface area contributed by atoms with Crippen molar-refractivity contribution in [3.8, 4) is 0 Å². The third-order valence-corrected chi connectivity index (χ3v) is 5.88. The van der Waals surface area contributed by atoms with E-state index in [1.54, 1.807) is 11.0 Å². The van der Waals surface area contributed by atoms with Crippen LogP contribution in [-0.4, -0.2) is 40.3 Å². The maximum atomic E-state index is 13.4. The van der Waals surface area contributed by atoms with E-state index in [1.807, 2.05) is 20.8 Å². The fourth-order valence-corrected chi connectivity index (χ4v) is 4.10. The summed E-state index contributed by atoms with van der Waals surface area (Å²) in [4.78, 5) is 27.5. The molecule has 1 aromatic rings. The van der Waals surface area contributed by atoms with Gasteiger partial charge in [-0.25, -0.2) is 8.78 Å². The molecule has 1 saturated heterocycles. The first-order chi connectivity index (χ1) is 13.1. The summed E-state index contributed by atoms with van der Waals surface area (Å²) in [6.07, 6.45) is 2.37. The average Bonchev–Trinajstić information content (AvgIpc) is 3.10. The Bertz CT molecular complexity index is 713. The molecular weight excluding hydrogens is 366 g/mol. The van der Waals surface area contributed by atoms with E-state index < -0.39 is 17.9 Å². The van der Waals surface area contributed by atoms with Gasteiger partial charge in [0.1, 0.15) is 5.76 Å². The first-order valence-electron chi connectivity index (χ1n) is 10.2. The maximum absolute atomic E-state index is 13.4. The van der Waals surface area contributed by atoms with Crippen molar-refractivity contribution in [3.05, 3.63) is 17.5 Å². The summed E-state index contributed by atoms with van der Waals surface area (Å²) in [5.41, 5.74) is 0.384. The van der Waals surface area contributed by atoms with Crippen LogP contribution >= 0.6 is 0 Å². The third-order valence-electron chi connectivity index (χ3n) is 5.88. The molecular formula is C21H30F2N2O3. The van der Waals surface area contributed by atoms with E-state index in [0.717, 1.165) is 18.6 Å². The van der Waals surface area contributed by atoms with Gasteiger partial charge in [0.05, 0.1) is 18.2 Å². The number of Topliss-reactive ketones (excluding diaryl/α,β-unsaturated/α-hetero) is 1. The van der Waals surface area contributed by atoms with E-state index in [-0.39, 0.29) is 49.2 Å². The minimum Gasteiger partial charge on any atom is -0.361 e.